The largest absolute Gasteiger partial charge is 0.491 e. The van der Waals surface area contributed by atoms with E-state index in [4.69, 9.17) is 17.0 Å². The molecular formula is C25H26N2O2S. The van der Waals surface area contributed by atoms with Gasteiger partial charge in [0, 0.05) is 11.8 Å². The third kappa shape index (κ3) is 5.91. The van der Waals surface area contributed by atoms with Crippen molar-refractivity contribution in [3.8, 4) is 5.75 Å². The van der Waals surface area contributed by atoms with Crippen molar-refractivity contribution in [3.63, 3.8) is 0 Å². The second kappa shape index (κ2) is 10.6. The van der Waals surface area contributed by atoms with E-state index in [9.17, 15) is 4.79 Å². The van der Waals surface area contributed by atoms with Crippen molar-refractivity contribution in [2.75, 3.05) is 5.32 Å². The van der Waals surface area contributed by atoms with Gasteiger partial charge in [0.05, 0.1) is 12.0 Å². The van der Waals surface area contributed by atoms with Crippen LogP contribution in [0.1, 0.15) is 37.3 Å². The number of ether oxygens (including phenoxy) is 1. The van der Waals surface area contributed by atoms with Crippen LogP contribution in [0.3, 0.4) is 0 Å². The Morgan fingerprint density at radius 1 is 0.933 bits per heavy atom. The molecule has 0 heterocycles. The highest BCUT2D eigenvalue weighted by Gasteiger charge is 2.23. The predicted molar refractivity (Wildman–Crippen MR) is 126 cm³/mol. The highest BCUT2D eigenvalue weighted by atomic mass is 32.1. The van der Waals surface area contributed by atoms with Gasteiger partial charge in [0.25, 0.3) is 0 Å². The Bertz CT molecular complexity index is 937. The second-order valence-corrected chi connectivity index (χ2v) is 7.47. The molecule has 0 radical (unpaired) electrons. The minimum Gasteiger partial charge on any atom is -0.491 e. The summed E-state index contributed by atoms with van der Waals surface area (Å²) in [6.45, 7) is 4.10. The summed E-state index contributed by atoms with van der Waals surface area (Å²) in [7, 11) is 0. The van der Waals surface area contributed by atoms with Gasteiger partial charge < -0.3 is 15.4 Å². The number of hydrogen-bond acceptors (Lipinski definition) is 3. The maximum atomic E-state index is 13.1. The molecule has 1 amide bonds. The van der Waals surface area contributed by atoms with Crippen LogP contribution in [0.15, 0.2) is 84.9 Å². The van der Waals surface area contributed by atoms with E-state index >= 15 is 0 Å². The molecule has 1 unspecified atom stereocenters. The van der Waals surface area contributed by atoms with Crippen LogP contribution < -0.4 is 15.4 Å². The molecule has 5 heteroatoms. The summed E-state index contributed by atoms with van der Waals surface area (Å²) >= 11 is 5.40. The zero-order valence-corrected chi connectivity index (χ0v) is 18.0. The van der Waals surface area contributed by atoms with E-state index < -0.39 is 5.92 Å². The number of rotatable bonds is 7. The third-order valence-electron chi connectivity index (χ3n) is 4.77. The van der Waals surface area contributed by atoms with Crippen molar-refractivity contribution < 1.29 is 9.53 Å². The molecule has 4 nitrogen and oxygen atoms in total. The highest BCUT2D eigenvalue weighted by molar-refractivity contribution is 7.80. The number of carbonyl (C=O) groups excluding carboxylic acids is 1. The zero-order valence-electron chi connectivity index (χ0n) is 17.2. The summed E-state index contributed by atoms with van der Waals surface area (Å²) in [6.07, 6.45) is 1.05. The van der Waals surface area contributed by atoms with Crippen LogP contribution in [0.5, 0.6) is 5.75 Å². The lowest BCUT2D eigenvalue weighted by Crippen LogP contribution is -2.37. The fourth-order valence-corrected chi connectivity index (χ4v) is 3.31. The first-order chi connectivity index (χ1) is 14.6. The molecule has 0 spiro atoms. The van der Waals surface area contributed by atoms with Crippen molar-refractivity contribution in [2.24, 2.45) is 0 Å². The van der Waals surface area contributed by atoms with Gasteiger partial charge in [-0.3, -0.25) is 4.79 Å². The average molecular weight is 419 g/mol. The second-order valence-electron chi connectivity index (χ2n) is 7.06. The predicted octanol–water partition coefficient (Wildman–Crippen LogP) is 5.51. The summed E-state index contributed by atoms with van der Waals surface area (Å²) in [6, 6.07) is 26.9. The standard InChI is InChI=1S/C25H26N2O2S/c1-3-18(2)29-22-16-10-15-21(17-22)26-25(30)27-24(28)23(19-11-6-4-7-12-19)20-13-8-5-9-14-20/h4-18,23H,3H2,1-2H3,(H2,26,27,28,30). The van der Waals surface area contributed by atoms with Crippen molar-refractivity contribution in [1.29, 1.82) is 0 Å². The van der Waals surface area contributed by atoms with E-state index in [0.29, 0.717) is 0 Å². The summed E-state index contributed by atoms with van der Waals surface area (Å²) in [4.78, 5) is 13.1. The van der Waals surface area contributed by atoms with Gasteiger partial charge in [0.1, 0.15) is 5.75 Å². The lowest BCUT2D eigenvalue weighted by atomic mass is 9.90. The number of thiocarbonyl (C=S) groups is 1. The van der Waals surface area contributed by atoms with E-state index in [1.807, 2.05) is 91.9 Å². The number of hydrogen-bond donors (Lipinski definition) is 2. The van der Waals surface area contributed by atoms with E-state index in [0.717, 1.165) is 29.0 Å². The van der Waals surface area contributed by atoms with Crippen LogP contribution in [0, 0.1) is 0 Å². The monoisotopic (exact) mass is 418 g/mol. The first kappa shape index (κ1) is 21.5. The van der Waals surface area contributed by atoms with Gasteiger partial charge in [0.15, 0.2) is 5.11 Å². The molecule has 0 aliphatic carbocycles. The molecule has 0 saturated carbocycles. The van der Waals surface area contributed by atoms with Crippen LogP contribution in [0.25, 0.3) is 0 Å². The number of amides is 1. The topological polar surface area (TPSA) is 50.4 Å². The van der Waals surface area contributed by atoms with Crippen LogP contribution >= 0.6 is 12.2 Å². The normalized spacial score (nSPS) is 11.6. The van der Waals surface area contributed by atoms with Gasteiger partial charge in [-0.2, -0.15) is 0 Å². The number of anilines is 1. The maximum Gasteiger partial charge on any atom is 0.238 e. The third-order valence-corrected chi connectivity index (χ3v) is 4.97. The Labute approximate surface area is 183 Å². The van der Waals surface area contributed by atoms with E-state index in [-0.39, 0.29) is 17.1 Å². The quantitative estimate of drug-likeness (QED) is 0.497. The van der Waals surface area contributed by atoms with Gasteiger partial charge in [0.2, 0.25) is 5.91 Å². The molecule has 0 fully saturated rings. The Morgan fingerprint density at radius 3 is 2.10 bits per heavy atom. The Kier molecular flexibility index (Phi) is 7.57. The van der Waals surface area contributed by atoms with Crippen LogP contribution in [0.2, 0.25) is 0 Å². The first-order valence-corrected chi connectivity index (χ1v) is 10.5. The van der Waals surface area contributed by atoms with Crippen molar-refractivity contribution in [1.82, 2.24) is 5.32 Å². The fraction of sp³-hybridized carbons (Fsp3) is 0.200. The van der Waals surface area contributed by atoms with Crippen LogP contribution in [-0.4, -0.2) is 17.1 Å². The molecule has 3 aromatic carbocycles. The molecule has 0 aliphatic heterocycles. The van der Waals surface area contributed by atoms with E-state index in [2.05, 4.69) is 17.6 Å². The minimum atomic E-state index is -0.452. The SMILES string of the molecule is CCC(C)Oc1cccc(NC(=S)NC(=O)C(c2ccccc2)c2ccccc2)c1. The molecule has 3 aromatic rings. The molecule has 3 rings (SSSR count). The van der Waals surface area contributed by atoms with E-state index in [1.165, 1.54) is 0 Å². The lowest BCUT2D eigenvalue weighted by Gasteiger charge is -2.19. The molecule has 154 valence electrons. The van der Waals surface area contributed by atoms with Crippen LogP contribution in [-0.2, 0) is 4.79 Å². The van der Waals surface area contributed by atoms with Gasteiger partial charge in [-0.05, 0) is 48.8 Å². The maximum absolute atomic E-state index is 13.1. The summed E-state index contributed by atoms with van der Waals surface area (Å²) in [5.41, 5.74) is 2.58. The smallest absolute Gasteiger partial charge is 0.238 e. The molecule has 30 heavy (non-hydrogen) atoms. The average Bonchev–Trinajstić information content (AvgIpc) is 2.75. The molecule has 0 aliphatic rings. The van der Waals surface area contributed by atoms with Gasteiger partial charge in [-0.1, -0.05) is 73.7 Å². The Balaban J connectivity index is 1.72. The fourth-order valence-electron chi connectivity index (χ4n) is 3.10. The Morgan fingerprint density at radius 2 is 1.53 bits per heavy atom. The van der Waals surface area contributed by atoms with Crippen LogP contribution in [0.4, 0.5) is 5.69 Å². The summed E-state index contributed by atoms with van der Waals surface area (Å²) in [5, 5.41) is 6.17. The van der Waals surface area contributed by atoms with Crippen molar-refractivity contribution >= 4 is 28.9 Å². The molecule has 1 atom stereocenters. The molecule has 2 N–H and O–H groups in total. The number of nitrogens with one attached hydrogen (secondary N) is 2. The minimum absolute atomic E-state index is 0.129. The van der Waals surface area contributed by atoms with Gasteiger partial charge >= 0.3 is 0 Å². The molecule has 0 aromatic heterocycles. The zero-order chi connectivity index (χ0) is 21.3. The van der Waals surface area contributed by atoms with Crippen molar-refractivity contribution in [2.45, 2.75) is 32.3 Å². The Hall–Kier alpha value is -3.18. The molecule has 0 saturated heterocycles. The molecular weight excluding hydrogens is 392 g/mol. The van der Waals surface area contributed by atoms with Gasteiger partial charge in [-0.15, -0.1) is 0 Å². The van der Waals surface area contributed by atoms with Gasteiger partial charge in [-0.25, -0.2) is 0 Å². The number of benzene rings is 3. The van der Waals surface area contributed by atoms with Crippen molar-refractivity contribution in [3.05, 3.63) is 96.1 Å². The summed E-state index contributed by atoms with van der Waals surface area (Å²) in [5.74, 6) is 0.124. The van der Waals surface area contributed by atoms with E-state index in [1.54, 1.807) is 0 Å². The first-order valence-electron chi connectivity index (χ1n) is 10.0. The lowest BCUT2D eigenvalue weighted by molar-refractivity contribution is -0.120. The number of carbonyl (C=O) groups is 1. The highest BCUT2D eigenvalue weighted by Crippen LogP contribution is 2.25. The molecule has 0 bridgehead atoms. The summed E-state index contributed by atoms with van der Waals surface area (Å²) < 4.78 is 5.85.